The maximum atomic E-state index is 6.62. The molecule has 0 fully saturated rings. The van der Waals surface area contributed by atoms with Gasteiger partial charge in [0.15, 0.2) is 0 Å². The van der Waals surface area contributed by atoms with Crippen molar-refractivity contribution in [3.8, 4) is 0 Å². The van der Waals surface area contributed by atoms with Crippen molar-refractivity contribution in [2.45, 2.75) is 40.0 Å². The van der Waals surface area contributed by atoms with Crippen LogP contribution in [-0.4, -0.2) is 9.52 Å². The Labute approximate surface area is 130 Å². The van der Waals surface area contributed by atoms with Gasteiger partial charge in [0.1, 0.15) is 9.52 Å². The van der Waals surface area contributed by atoms with Crippen molar-refractivity contribution >= 4 is 31.5 Å². The second-order valence-corrected chi connectivity index (χ2v) is 7.26. The Morgan fingerprint density at radius 2 is 1.75 bits per heavy atom. The maximum absolute atomic E-state index is 6.62. The van der Waals surface area contributed by atoms with Crippen LogP contribution in [0.3, 0.4) is 0 Å². The van der Waals surface area contributed by atoms with E-state index in [1.54, 1.807) is 0 Å². The van der Waals surface area contributed by atoms with Gasteiger partial charge < -0.3 is 0 Å². The average Bonchev–Trinajstić information content (AvgIpc) is 2.39. The molecule has 0 N–H and O–H groups in total. The predicted octanol–water partition coefficient (Wildman–Crippen LogP) is 4.13. The summed E-state index contributed by atoms with van der Waals surface area (Å²) in [5.74, 6) is 0.520. The van der Waals surface area contributed by atoms with Gasteiger partial charge in [0.2, 0.25) is 0 Å². The van der Waals surface area contributed by atoms with Crippen LogP contribution in [0.15, 0.2) is 36.4 Å². The SMILES string of the molecule is CCC(C)c1cccc([Si]c2cc(C)cc(C)c2)c1Cl. The van der Waals surface area contributed by atoms with Gasteiger partial charge in [-0.25, -0.2) is 0 Å². The molecule has 0 nitrogen and oxygen atoms in total. The Morgan fingerprint density at radius 3 is 2.35 bits per heavy atom. The highest BCUT2D eigenvalue weighted by Gasteiger charge is 2.12. The molecule has 0 heterocycles. The molecule has 2 rings (SSSR count). The fraction of sp³-hybridized carbons (Fsp3) is 0.333. The van der Waals surface area contributed by atoms with Crippen LogP contribution < -0.4 is 10.4 Å². The first-order valence-electron chi connectivity index (χ1n) is 7.15. The highest BCUT2D eigenvalue weighted by Crippen LogP contribution is 2.24. The third-order valence-corrected chi connectivity index (χ3v) is 5.52. The van der Waals surface area contributed by atoms with Gasteiger partial charge in [-0.05, 0) is 36.9 Å². The van der Waals surface area contributed by atoms with Crippen LogP contribution in [0.5, 0.6) is 0 Å². The molecule has 0 saturated carbocycles. The summed E-state index contributed by atoms with van der Waals surface area (Å²) in [6.45, 7) is 8.75. The molecule has 0 aliphatic rings. The van der Waals surface area contributed by atoms with Gasteiger partial charge in [-0.3, -0.25) is 0 Å². The molecule has 2 heteroatoms. The Bertz CT molecular complexity index is 584. The van der Waals surface area contributed by atoms with Gasteiger partial charge in [0, 0.05) is 5.02 Å². The zero-order valence-corrected chi connectivity index (χ0v) is 14.4. The van der Waals surface area contributed by atoms with Crippen molar-refractivity contribution in [3.63, 3.8) is 0 Å². The first-order valence-corrected chi connectivity index (χ1v) is 8.52. The van der Waals surface area contributed by atoms with E-state index >= 15 is 0 Å². The quantitative estimate of drug-likeness (QED) is 0.745. The minimum Gasteiger partial charge on any atom is -0.0842 e. The maximum Gasteiger partial charge on any atom is 0.123 e. The normalized spacial score (nSPS) is 12.4. The summed E-state index contributed by atoms with van der Waals surface area (Å²) in [5.41, 5.74) is 3.92. The summed E-state index contributed by atoms with van der Waals surface area (Å²) >= 11 is 6.62. The van der Waals surface area contributed by atoms with Crippen LogP contribution in [0, 0.1) is 13.8 Å². The molecular formula is C18H21ClSi. The third-order valence-electron chi connectivity index (χ3n) is 3.67. The van der Waals surface area contributed by atoms with Crippen LogP contribution in [-0.2, 0) is 0 Å². The molecule has 1 atom stereocenters. The number of hydrogen-bond acceptors (Lipinski definition) is 0. The fourth-order valence-corrected chi connectivity index (χ4v) is 4.25. The van der Waals surface area contributed by atoms with Crippen LogP contribution in [0.1, 0.15) is 42.9 Å². The van der Waals surface area contributed by atoms with Gasteiger partial charge in [-0.2, -0.15) is 0 Å². The van der Waals surface area contributed by atoms with Crippen molar-refractivity contribution in [2.75, 3.05) is 0 Å². The molecule has 2 aromatic carbocycles. The van der Waals surface area contributed by atoms with Gasteiger partial charge in [0.25, 0.3) is 0 Å². The summed E-state index contributed by atoms with van der Waals surface area (Å²) in [7, 11) is 0.627. The largest absolute Gasteiger partial charge is 0.123 e. The monoisotopic (exact) mass is 300 g/mol. The molecule has 0 aliphatic carbocycles. The molecule has 104 valence electrons. The number of halogens is 1. The Kier molecular flexibility index (Phi) is 5.06. The molecule has 0 spiro atoms. The van der Waals surface area contributed by atoms with E-state index in [0.29, 0.717) is 15.4 Å². The molecule has 0 aliphatic heterocycles. The molecule has 0 amide bonds. The van der Waals surface area contributed by atoms with Crippen molar-refractivity contribution in [1.29, 1.82) is 0 Å². The minimum absolute atomic E-state index is 0.520. The smallest absolute Gasteiger partial charge is 0.0842 e. The summed E-state index contributed by atoms with van der Waals surface area (Å²) in [5, 5.41) is 3.58. The summed E-state index contributed by atoms with van der Waals surface area (Å²) in [6.07, 6.45) is 1.12. The molecule has 2 radical (unpaired) electrons. The standard InChI is InChI=1S/C18H21ClSi/c1-5-14(4)16-7-6-8-17(18(16)19)20-15-10-12(2)9-13(3)11-15/h6-11,14H,5H2,1-4H3. The summed E-state index contributed by atoms with van der Waals surface area (Å²) in [6, 6.07) is 13.2. The van der Waals surface area contributed by atoms with Crippen LogP contribution in [0.2, 0.25) is 5.02 Å². The fourth-order valence-electron chi connectivity index (χ4n) is 2.45. The number of rotatable bonds is 4. The van der Waals surface area contributed by atoms with E-state index < -0.39 is 0 Å². The molecule has 0 aromatic heterocycles. The Hall–Kier alpha value is -1.05. The molecular weight excluding hydrogens is 280 g/mol. The Balaban J connectivity index is 2.34. The van der Waals surface area contributed by atoms with Gasteiger partial charge in [0.05, 0.1) is 0 Å². The van der Waals surface area contributed by atoms with Crippen LogP contribution in [0.4, 0.5) is 0 Å². The van der Waals surface area contributed by atoms with E-state index in [-0.39, 0.29) is 0 Å². The molecule has 0 bridgehead atoms. The first-order chi connectivity index (χ1) is 9.51. The van der Waals surface area contributed by atoms with E-state index in [4.69, 9.17) is 11.6 Å². The number of hydrogen-bond donors (Lipinski definition) is 0. The zero-order valence-electron chi connectivity index (χ0n) is 12.6. The second-order valence-electron chi connectivity index (χ2n) is 5.52. The Morgan fingerprint density at radius 1 is 1.10 bits per heavy atom. The van der Waals surface area contributed by atoms with E-state index in [1.807, 2.05) is 0 Å². The third kappa shape index (κ3) is 3.53. The minimum atomic E-state index is 0.520. The molecule has 1 unspecified atom stereocenters. The molecule has 0 saturated heterocycles. The first kappa shape index (κ1) is 15.3. The summed E-state index contributed by atoms with van der Waals surface area (Å²) in [4.78, 5) is 0. The highest BCUT2D eigenvalue weighted by molar-refractivity contribution is 6.70. The van der Waals surface area contributed by atoms with E-state index in [2.05, 4.69) is 64.1 Å². The van der Waals surface area contributed by atoms with Crippen molar-refractivity contribution in [3.05, 3.63) is 58.1 Å². The lowest BCUT2D eigenvalue weighted by Crippen LogP contribution is -2.29. The lowest BCUT2D eigenvalue weighted by Gasteiger charge is -2.14. The van der Waals surface area contributed by atoms with Crippen molar-refractivity contribution in [2.24, 2.45) is 0 Å². The van der Waals surface area contributed by atoms with Gasteiger partial charge in [-0.1, -0.05) is 78.2 Å². The van der Waals surface area contributed by atoms with Crippen molar-refractivity contribution < 1.29 is 0 Å². The zero-order chi connectivity index (χ0) is 14.7. The molecule has 2 aromatic rings. The summed E-state index contributed by atoms with van der Waals surface area (Å²) < 4.78 is 0. The van der Waals surface area contributed by atoms with Gasteiger partial charge >= 0.3 is 0 Å². The van der Waals surface area contributed by atoms with E-state index in [9.17, 15) is 0 Å². The topological polar surface area (TPSA) is 0 Å². The van der Waals surface area contributed by atoms with E-state index in [1.165, 1.54) is 27.1 Å². The van der Waals surface area contributed by atoms with Crippen LogP contribution in [0.25, 0.3) is 0 Å². The average molecular weight is 301 g/mol. The lowest BCUT2D eigenvalue weighted by molar-refractivity contribution is 0.734. The predicted molar refractivity (Wildman–Crippen MR) is 91.1 cm³/mol. The van der Waals surface area contributed by atoms with E-state index in [0.717, 1.165) is 11.4 Å². The molecule has 20 heavy (non-hydrogen) atoms. The number of benzene rings is 2. The van der Waals surface area contributed by atoms with Crippen LogP contribution >= 0.6 is 11.6 Å². The highest BCUT2D eigenvalue weighted by atomic mass is 35.5. The second kappa shape index (κ2) is 6.60. The number of aryl methyl sites for hydroxylation is 2. The van der Waals surface area contributed by atoms with Gasteiger partial charge in [-0.15, -0.1) is 0 Å². The van der Waals surface area contributed by atoms with Crippen molar-refractivity contribution in [1.82, 2.24) is 0 Å². The lowest BCUT2D eigenvalue weighted by atomic mass is 9.99.